The molecule has 0 spiro atoms. The molecule has 4 aliphatic carbocycles. The van der Waals surface area contributed by atoms with Gasteiger partial charge in [0.05, 0.1) is 66.0 Å². The molecule has 0 bridgehead atoms. The van der Waals surface area contributed by atoms with Crippen molar-refractivity contribution in [2.24, 2.45) is 22.7 Å². The summed E-state index contributed by atoms with van der Waals surface area (Å²) in [5.41, 5.74) is -6.64. The third-order valence-corrected chi connectivity index (χ3v) is 20.1. The van der Waals surface area contributed by atoms with Crippen molar-refractivity contribution in [3.8, 4) is 0 Å². The average Bonchev–Trinajstić information content (AvgIpc) is 3.44. The minimum Gasteiger partial charge on any atom is -0.458 e. The number of hydrogen-bond donors (Lipinski definition) is 7. The first-order valence-corrected chi connectivity index (χ1v) is 28.1. The van der Waals surface area contributed by atoms with Crippen molar-refractivity contribution < 1.29 is 97.4 Å². The van der Waals surface area contributed by atoms with Crippen LogP contribution >= 0.6 is 0 Å². The maximum atomic E-state index is 13.6. The number of aliphatic hydroxyl groups is 7. The Morgan fingerprint density at radius 2 is 1.26 bits per heavy atom. The van der Waals surface area contributed by atoms with Crippen molar-refractivity contribution in [2.45, 2.75) is 259 Å². The standard InChI is InChI=1S/C57H88O20/c1-29-46(61)51(68-10)47(62)52(72-29)77-50-32(4)71-45(27-39(50)67-9)75-48-30(2)69-43(25-37(48)59)76-49-31(3)70-44(26-38(49)66-8)73-36-19-20-53(6)35(24-36)18-21-56(64)40(53)28-41(74-42(60)17-16-34-14-12-11-13-15-34)54(7)55(63,33(5)58)22-23-57(54,56)65/h11-17,29-33,35-41,43-52,58-59,61-65H,18-28H2,1-10H3/t29-,30-,31-,32-,33+,35+,36+,37+,38+,39-,40-,41-,43+,44+,45+,46-,47-,48-,49-,50-,51+,52+,53+,54-,55-,56+,57-/m1/s1. The zero-order valence-electron chi connectivity index (χ0n) is 46.5. The first-order chi connectivity index (χ1) is 36.4. The Labute approximate surface area is 452 Å². The second-order valence-corrected chi connectivity index (χ2v) is 24.1. The quantitative estimate of drug-likeness (QED) is 0.0753. The number of methoxy groups -OCH3 is 3. The van der Waals surface area contributed by atoms with E-state index in [1.54, 1.807) is 48.0 Å². The molecule has 77 heavy (non-hydrogen) atoms. The SMILES string of the molecule is CO[C@@H]1[C@@H](O)[C@H](O[C@@H]2[C@@H](C)O[C@@H](O[C@H]3[C@@H](O)C[C@H](O[C@H]4[C@@H](OC)C[C@H](O[C@H]5CC[C@@]6(C)[C@@H](CC[C@]7(O)[C@@H]6C[C@@H](OC(=O)C=Cc6ccccc6)[C@@]6(C)[C@]7(O)CC[C@@]6(O)[C@H](C)O)C5)O[C@@H]4C)O[C@@H]3C)C[C@H]2OC)O[C@H](C)[C@H]1O. The van der Waals surface area contributed by atoms with E-state index in [1.807, 2.05) is 37.3 Å². The zero-order valence-corrected chi connectivity index (χ0v) is 46.5. The van der Waals surface area contributed by atoms with E-state index in [-0.39, 0.29) is 50.5 Å². The van der Waals surface area contributed by atoms with Crippen LogP contribution in [0.25, 0.3) is 6.08 Å². The molecule has 4 saturated carbocycles. The lowest BCUT2D eigenvalue weighted by atomic mass is 9.40. The molecule has 4 aliphatic heterocycles. The summed E-state index contributed by atoms with van der Waals surface area (Å²) in [5.74, 6) is -1.06. The Morgan fingerprint density at radius 3 is 1.87 bits per heavy atom. The molecular formula is C57H88O20. The smallest absolute Gasteiger partial charge is 0.331 e. The van der Waals surface area contributed by atoms with Crippen LogP contribution in [0.5, 0.6) is 0 Å². The Kier molecular flexibility index (Phi) is 17.8. The van der Waals surface area contributed by atoms with Gasteiger partial charge in [-0.1, -0.05) is 44.2 Å². The summed E-state index contributed by atoms with van der Waals surface area (Å²) >= 11 is 0. The Balaban J connectivity index is 0.792. The summed E-state index contributed by atoms with van der Waals surface area (Å²) in [6.07, 6.45) is -8.52. The minimum atomic E-state index is -1.88. The molecular weight excluding hydrogens is 1000 g/mol. The minimum absolute atomic E-state index is 0.0235. The number of aliphatic hydroxyl groups excluding tert-OH is 4. The predicted molar refractivity (Wildman–Crippen MR) is 273 cm³/mol. The maximum Gasteiger partial charge on any atom is 0.331 e. The molecule has 4 heterocycles. The number of fused-ring (bicyclic) bond motifs is 5. The molecule has 0 amide bonds. The highest BCUT2D eigenvalue weighted by atomic mass is 16.8. The molecule has 4 saturated heterocycles. The van der Waals surface area contributed by atoms with Gasteiger partial charge < -0.3 is 92.6 Å². The van der Waals surface area contributed by atoms with Gasteiger partial charge in [-0.05, 0) is 115 Å². The van der Waals surface area contributed by atoms with Crippen LogP contribution in [0.4, 0.5) is 0 Å². The van der Waals surface area contributed by atoms with Gasteiger partial charge in [0.2, 0.25) is 0 Å². The number of carbonyl (C=O) groups excluding carboxylic acids is 1. The second-order valence-electron chi connectivity index (χ2n) is 24.1. The topological polar surface area (TPSA) is 269 Å². The highest BCUT2D eigenvalue weighted by Crippen LogP contribution is 2.72. The second kappa shape index (κ2) is 23.2. The summed E-state index contributed by atoms with van der Waals surface area (Å²) in [6.45, 7) is 12.5. The lowest BCUT2D eigenvalue weighted by Crippen LogP contribution is -2.79. The Morgan fingerprint density at radius 1 is 0.662 bits per heavy atom. The van der Waals surface area contributed by atoms with Gasteiger partial charge in [0, 0.05) is 46.7 Å². The Hall–Kier alpha value is -2.29. The number of hydrogen-bond acceptors (Lipinski definition) is 20. The molecule has 436 valence electrons. The molecule has 0 unspecified atom stereocenters. The summed E-state index contributed by atoms with van der Waals surface area (Å²) in [6, 6.07) is 9.34. The molecule has 8 fully saturated rings. The molecule has 20 heteroatoms. The summed E-state index contributed by atoms with van der Waals surface area (Å²) in [4.78, 5) is 13.6. The monoisotopic (exact) mass is 1090 g/mol. The molecule has 27 atom stereocenters. The van der Waals surface area contributed by atoms with Crippen molar-refractivity contribution in [3.05, 3.63) is 42.0 Å². The van der Waals surface area contributed by atoms with Gasteiger partial charge in [0.15, 0.2) is 25.2 Å². The van der Waals surface area contributed by atoms with Crippen molar-refractivity contribution in [3.63, 3.8) is 0 Å². The van der Waals surface area contributed by atoms with Crippen molar-refractivity contribution >= 4 is 12.0 Å². The molecule has 1 aromatic rings. The zero-order chi connectivity index (χ0) is 55.6. The Bertz CT molecular complexity index is 2160. The van der Waals surface area contributed by atoms with Crippen LogP contribution in [-0.2, 0) is 61.6 Å². The maximum absolute atomic E-state index is 13.6. The molecule has 0 aromatic heterocycles. The number of rotatable bonds is 15. The fraction of sp³-hybridized carbons (Fsp3) is 0.842. The third-order valence-electron chi connectivity index (χ3n) is 20.1. The lowest BCUT2D eigenvalue weighted by Gasteiger charge is -2.69. The molecule has 9 rings (SSSR count). The van der Waals surface area contributed by atoms with E-state index in [1.165, 1.54) is 20.1 Å². The predicted octanol–water partition coefficient (Wildman–Crippen LogP) is 3.42. The van der Waals surface area contributed by atoms with Crippen LogP contribution in [0.15, 0.2) is 36.4 Å². The van der Waals surface area contributed by atoms with E-state index < -0.39 is 156 Å². The van der Waals surface area contributed by atoms with Crippen LogP contribution in [0.1, 0.15) is 125 Å². The summed E-state index contributed by atoms with van der Waals surface area (Å²) in [7, 11) is 4.57. The van der Waals surface area contributed by atoms with Crippen LogP contribution in [0.3, 0.4) is 0 Å². The van der Waals surface area contributed by atoms with Gasteiger partial charge in [-0.2, -0.15) is 0 Å². The first-order valence-electron chi connectivity index (χ1n) is 28.1. The van der Waals surface area contributed by atoms with Crippen LogP contribution in [-0.4, -0.2) is 203 Å². The van der Waals surface area contributed by atoms with Gasteiger partial charge in [-0.15, -0.1) is 0 Å². The van der Waals surface area contributed by atoms with Crippen LogP contribution in [0, 0.1) is 22.7 Å². The average molecular weight is 1090 g/mol. The number of esters is 1. The van der Waals surface area contributed by atoms with Gasteiger partial charge in [0.25, 0.3) is 0 Å². The van der Waals surface area contributed by atoms with Crippen molar-refractivity contribution in [1.29, 1.82) is 0 Å². The van der Waals surface area contributed by atoms with Gasteiger partial charge >= 0.3 is 5.97 Å². The van der Waals surface area contributed by atoms with E-state index in [0.29, 0.717) is 32.1 Å². The van der Waals surface area contributed by atoms with Gasteiger partial charge in [-0.3, -0.25) is 0 Å². The van der Waals surface area contributed by atoms with E-state index in [2.05, 4.69) is 6.92 Å². The van der Waals surface area contributed by atoms with E-state index >= 15 is 0 Å². The number of benzene rings is 1. The molecule has 8 aliphatic rings. The summed E-state index contributed by atoms with van der Waals surface area (Å²) in [5, 5.41) is 82.3. The van der Waals surface area contributed by atoms with Crippen LogP contribution < -0.4 is 0 Å². The molecule has 1 aromatic carbocycles. The fourth-order valence-electron chi connectivity index (χ4n) is 15.6. The number of carbonyl (C=O) groups is 1. The highest BCUT2D eigenvalue weighted by molar-refractivity contribution is 5.87. The molecule has 0 radical (unpaired) electrons. The molecule has 20 nitrogen and oxygen atoms in total. The van der Waals surface area contributed by atoms with Gasteiger partial charge in [0.1, 0.15) is 53.9 Å². The van der Waals surface area contributed by atoms with E-state index in [9.17, 15) is 40.5 Å². The van der Waals surface area contributed by atoms with Gasteiger partial charge in [-0.25, -0.2) is 4.79 Å². The van der Waals surface area contributed by atoms with E-state index in [0.717, 1.165) is 5.56 Å². The number of ether oxygens (including phenoxy) is 12. The third kappa shape index (κ3) is 10.6. The largest absolute Gasteiger partial charge is 0.458 e. The van der Waals surface area contributed by atoms with Crippen molar-refractivity contribution in [1.82, 2.24) is 0 Å². The van der Waals surface area contributed by atoms with Crippen molar-refractivity contribution in [2.75, 3.05) is 21.3 Å². The fourth-order valence-corrected chi connectivity index (χ4v) is 15.6. The highest BCUT2D eigenvalue weighted by Gasteiger charge is 2.81. The van der Waals surface area contributed by atoms with E-state index in [4.69, 9.17) is 56.8 Å². The first kappa shape index (κ1) is 59.3. The lowest BCUT2D eigenvalue weighted by molar-refractivity contribution is -0.355. The van der Waals surface area contributed by atoms with Crippen LogP contribution in [0.2, 0.25) is 0 Å². The normalized spacial score (nSPS) is 50.6. The molecule has 7 N–H and O–H groups in total. The summed E-state index contributed by atoms with van der Waals surface area (Å²) < 4.78 is 74.3.